The van der Waals surface area contributed by atoms with Crippen molar-refractivity contribution >= 4 is 33.4 Å². The molecule has 0 aromatic heterocycles. The number of primary amides is 1. The molecule has 0 fully saturated rings. The van der Waals surface area contributed by atoms with Crippen molar-refractivity contribution in [1.29, 1.82) is 0 Å². The van der Waals surface area contributed by atoms with Crippen LogP contribution >= 0.6 is 11.8 Å². The van der Waals surface area contributed by atoms with Crippen LogP contribution in [0.25, 0.3) is 0 Å². The molecule has 0 spiro atoms. The lowest BCUT2D eigenvalue weighted by Crippen LogP contribution is -2.16. The van der Waals surface area contributed by atoms with E-state index in [2.05, 4.69) is 4.72 Å². The van der Waals surface area contributed by atoms with Crippen molar-refractivity contribution in [3.63, 3.8) is 0 Å². The topological polar surface area (TPSA) is 89.3 Å². The van der Waals surface area contributed by atoms with Gasteiger partial charge >= 0.3 is 0 Å². The fourth-order valence-electron chi connectivity index (χ4n) is 1.07. The van der Waals surface area contributed by atoms with Gasteiger partial charge in [-0.15, -0.1) is 11.8 Å². The van der Waals surface area contributed by atoms with Gasteiger partial charge in [-0.05, 0) is 19.1 Å². The van der Waals surface area contributed by atoms with Crippen LogP contribution in [-0.4, -0.2) is 25.8 Å². The molecule has 7 heteroatoms. The van der Waals surface area contributed by atoms with Gasteiger partial charge in [-0.3, -0.25) is 9.52 Å². The zero-order chi connectivity index (χ0) is 12.9. The number of carbonyl (C=O) groups excluding carboxylic acids is 1. The second kappa shape index (κ2) is 5.92. The summed E-state index contributed by atoms with van der Waals surface area (Å²) in [6.45, 7) is 1.56. The van der Waals surface area contributed by atoms with Gasteiger partial charge in [0.05, 0.1) is 17.2 Å². The van der Waals surface area contributed by atoms with E-state index in [9.17, 15) is 13.2 Å². The van der Waals surface area contributed by atoms with Gasteiger partial charge in [0.15, 0.2) is 0 Å². The molecule has 0 heterocycles. The molecule has 3 N–H and O–H groups in total. The van der Waals surface area contributed by atoms with Crippen molar-refractivity contribution in [3.05, 3.63) is 24.3 Å². The third kappa shape index (κ3) is 4.66. The molecule has 1 aromatic rings. The lowest BCUT2D eigenvalue weighted by Gasteiger charge is -2.10. The largest absolute Gasteiger partial charge is 0.369 e. The van der Waals surface area contributed by atoms with Crippen molar-refractivity contribution in [2.75, 3.05) is 16.2 Å². The minimum Gasteiger partial charge on any atom is -0.369 e. The van der Waals surface area contributed by atoms with E-state index in [1.54, 1.807) is 31.2 Å². The van der Waals surface area contributed by atoms with Crippen LogP contribution in [0.3, 0.4) is 0 Å². The van der Waals surface area contributed by atoms with E-state index in [1.165, 1.54) is 11.8 Å². The Labute approximate surface area is 105 Å². The van der Waals surface area contributed by atoms with Gasteiger partial charge in [0.25, 0.3) is 0 Å². The molecule has 0 aliphatic rings. The van der Waals surface area contributed by atoms with E-state index in [4.69, 9.17) is 5.73 Å². The summed E-state index contributed by atoms with van der Waals surface area (Å²) in [6.07, 6.45) is 0. The van der Waals surface area contributed by atoms with Crippen molar-refractivity contribution in [1.82, 2.24) is 0 Å². The van der Waals surface area contributed by atoms with Crippen LogP contribution in [0.1, 0.15) is 6.92 Å². The Balaban J connectivity index is 2.88. The number of amides is 1. The maximum atomic E-state index is 11.4. The number of thioether (sulfide) groups is 1. The van der Waals surface area contributed by atoms with Gasteiger partial charge in [0.1, 0.15) is 0 Å². The van der Waals surface area contributed by atoms with Crippen LogP contribution in [0.15, 0.2) is 29.2 Å². The molecule has 1 aromatic carbocycles. The molecule has 1 rings (SSSR count). The maximum absolute atomic E-state index is 11.4. The molecule has 0 aliphatic heterocycles. The number of nitrogens with one attached hydrogen (secondary N) is 1. The molecule has 1 amide bonds. The average Bonchev–Trinajstić information content (AvgIpc) is 2.27. The third-order valence-electron chi connectivity index (χ3n) is 1.90. The van der Waals surface area contributed by atoms with E-state index in [1.807, 2.05) is 0 Å². The van der Waals surface area contributed by atoms with Gasteiger partial charge < -0.3 is 5.73 Å². The number of anilines is 1. The maximum Gasteiger partial charge on any atom is 0.232 e. The third-order valence-corrected chi connectivity index (χ3v) is 4.29. The SMILES string of the molecule is CCS(=O)(=O)Nc1ccccc1SCC(N)=O. The second-order valence-electron chi connectivity index (χ2n) is 3.26. The molecule has 17 heavy (non-hydrogen) atoms. The van der Waals surface area contributed by atoms with E-state index < -0.39 is 15.9 Å². The van der Waals surface area contributed by atoms with Gasteiger partial charge in [-0.25, -0.2) is 8.42 Å². The molecule has 5 nitrogen and oxygen atoms in total. The summed E-state index contributed by atoms with van der Waals surface area (Å²) in [5, 5.41) is 0. The van der Waals surface area contributed by atoms with Crippen molar-refractivity contribution in [2.24, 2.45) is 5.73 Å². The van der Waals surface area contributed by atoms with Crippen LogP contribution in [0.4, 0.5) is 5.69 Å². The van der Waals surface area contributed by atoms with Gasteiger partial charge in [0.2, 0.25) is 15.9 Å². The molecule has 0 saturated heterocycles. The number of nitrogens with two attached hydrogens (primary N) is 1. The fourth-order valence-corrected chi connectivity index (χ4v) is 2.53. The van der Waals surface area contributed by atoms with E-state index in [0.717, 1.165) is 0 Å². The Morgan fingerprint density at radius 1 is 1.41 bits per heavy atom. The van der Waals surface area contributed by atoms with Gasteiger partial charge in [-0.1, -0.05) is 12.1 Å². The highest BCUT2D eigenvalue weighted by atomic mass is 32.2. The number of benzene rings is 1. The summed E-state index contributed by atoms with van der Waals surface area (Å²) >= 11 is 1.20. The average molecular weight is 274 g/mol. The number of para-hydroxylation sites is 1. The first kappa shape index (κ1) is 13.9. The first-order chi connectivity index (χ1) is 7.94. The summed E-state index contributed by atoms with van der Waals surface area (Å²) in [4.78, 5) is 11.4. The Morgan fingerprint density at radius 2 is 2.06 bits per heavy atom. The summed E-state index contributed by atoms with van der Waals surface area (Å²) in [7, 11) is -3.31. The van der Waals surface area contributed by atoms with E-state index in [-0.39, 0.29) is 11.5 Å². The standard InChI is InChI=1S/C10H14N2O3S2/c1-2-17(14,15)12-8-5-3-4-6-9(8)16-7-10(11)13/h3-6,12H,2,7H2,1H3,(H2,11,13). The zero-order valence-electron chi connectivity index (χ0n) is 9.34. The molecular weight excluding hydrogens is 260 g/mol. The van der Waals surface area contributed by atoms with Crippen molar-refractivity contribution < 1.29 is 13.2 Å². The molecular formula is C10H14N2O3S2. The Bertz CT molecular complexity index is 500. The summed E-state index contributed by atoms with van der Waals surface area (Å²) < 4.78 is 25.4. The number of carbonyl (C=O) groups is 1. The predicted octanol–water partition coefficient (Wildman–Crippen LogP) is 1.03. The first-order valence-corrected chi connectivity index (χ1v) is 7.59. The number of hydrogen-bond acceptors (Lipinski definition) is 4. The highest BCUT2D eigenvalue weighted by molar-refractivity contribution is 8.00. The monoisotopic (exact) mass is 274 g/mol. The quantitative estimate of drug-likeness (QED) is 0.758. The van der Waals surface area contributed by atoms with Crippen LogP contribution in [0.2, 0.25) is 0 Å². The minimum atomic E-state index is -3.31. The van der Waals surface area contributed by atoms with Gasteiger partial charge in [-0.2, -0.15) is 0 Å². The molecule has 94 valence electrons. The fraction of sp³-hybridized carbons (Fsp3) is 0.300. The lowest BCUT2D eigenvalue weighted by molar-refractivity contribution is -0.115. The Kier molecular flexibility index (Phi) is 4.83. The molecule has 0 aliphatic carbocycles. The zero-order valence-corrected chi connectivity index (χ0v) is 11.0. The highest BCUT2D eigenvalue weighted by Gasteiger charge is 2.10. The Hall–Kier alpha value is -1.21. The minimum absolute atomic E-state index is 0.00181. The first-order valence-electron chi connectivity index (χ1n) is 4.95. The Morgan fingerprint density at radius 3 is 2.65 bits per heavy atom. The lowest BCUT2D eigenvalue weighted by atomic mass is 10.3. The van der Waals surface area contributed by atoms with Crippen molar-refractivity contribution in [2.45, 2.75) is 11.8 Å². The van der Waals surface area contributed by atoms with Gasteiger partial charge in [0, 0.05) is 4.90 Å². The summed E-state index contributed by atoms with van der Waals surface area (Å²) in [5.74, 6) is -0.324. The number of sulfonamides is 1. The highest BCUT2D eigenvalue weighted by Crippen LogP contribution is 2.27. The normalized spacial score (nSPS) is 11.1. The predicted molar refractivity (Wildman–Crippen MR) is 69.4 cm³/mol. The van der Waals surface area contributed by atoms with Crippen LogP contribution in [-0.2, 0) is 14.8 Å². The summed E-state index contributed by atoms with van der Waals surface area (Å²) in [5.41, 5.74) is 5.52. The number of rotatable bonds is 6. The second-order valence-corrected chi connectivity index (χ2v) is 6.28. The van der Waals surface area contributed by atoms with E-state index >= 15 is 0 Å². The van der Waals surface area contributed by atoms with Crippen LogP contribution in [0.5, 0.6) is 0 Å². The molecule has 0 unspecified atom stereocenters. The summed E-state index contributed by atoms with van der Waals surface area (Å²) in [6, 6.07) is 6.88. The van der Waals surface area contributed by atoms with E-state index in [0.29, 0.717) is 10.6 Å². The molecule has 0 radical (unpaired) electrons. The number of hydrogen-bond donors (Lipinski definition) is 2. The van der Waals surface area contributed by atoms with Crippen molar-refractivity contribution in [3.8, 4) is 0 Å². The van der Waals surface area contributed by atoms with Crippen LogP contribution in [0, 0.1) is 0 Å². The molecule has 0 saturated carbocycles. The molecule has 0 bridgehead atoms. The molecule has 0 atom stereocenters. The smallest absolute Gasteiger partial charge is 0.232 e. The van der Waals surface area contributed by atoms with Crippen LogP contribution < -0.4 is 10.5 Å².